The third-order valence-corrected chi connectivity index (χ3v) is 3.26. The summed E-state index contributed by atoms with van der Waals surface area (Å²) in [5, 5.41) is 0. The molecule has 0 rings (SSSR count). The molecule has 0 fully saturated rings. The lowest BCUT2D eigenvalue weighted by Crippen LogP contribution is -2.24. The summed E-state index contributed by atoms with van der Waals surface area (Å²) in [6, 6.07) is 0. The van der Waals surface area contributed by atoms with E-state index >= 15 is 0 Å². The zero-order chi connectivity index (χ0) is 13.6. The third-order valence-electron chi connectivity index (χ3n) is 3.26. The van der Waals surface area contributed by atoms with Crippen molar-refractivity contribution in [2.75, 3.05) is 26.2 Å². The van der Waals surface area contributed by atoms with E-state index in [4.69, 9.17) is 4.74 Å². The lowest BCUT2D eigenvalue weighted by atomic mass is 10.2. The van der Waals surface area contributed by atoms with Gasteiger partial charge in [-0.3, -0.25) is 4.79 Å². The second-order valence-electron chi connectivity index (χ2n) is 4.77. The van der Waals surface area contributed by atoms with E-state index in [2.05, 4.69) is 25.7 Å². The van der Waals surface area contributed by atoms with Crippen LogP contribution >= 0.6 is 0 Å². The largest absolute Gasteiger partial charge is 0.466 e. The molecule has 18 heavy (non-hydrogen) atoms. The molecular weight excluding hydrogens is 226 g/mol. The van der Waals surface area contributed by atoms with Crippen LogP contribution < -0.4 is 0 Å². The fraction of sp³-hybridized carbons (Fsp3) is 0.933. The Labute approximate surface area is 113 Å². The number of esters is 1. The maximum atomic E-state index is 11.4. The minimum absolute atomic E-state index is 0.0222. The highest BCUT2D eigenvalue weighted by Crippen LogP contribution is 2.03. The van der Waals surface area contributed by atoms with Gasteiger partial charge in [0.15, 0.2) is 0 Å². The van der Waals surface area contributed by atoms with E-state index in [-0.39, 0.29) is 5.97 Å². The van der Waals surface area contributed by atoms with Crippen LogP contribution in [0.5, 0.6) is 0 Å². The van der Waals surface area contributed by atoms with Crippen LogP contribution in [0, 0.1) is 0 Å². The Balaban J connectivity index is 3.31. The van der Waals surface area contributed by atoms with Crippen LogP contribution in [0.25, 0.3) is 0 Å². The van der Waals surface area contributed by atoms with Gasteiger partial charge in [0.2, 0.25) is 0 Å². The van der Waals surface area contributed by atoms with Gasteiger partial charge >= 0.3 is 5.97 Å². The Bertz CT molecular complexity index is 191. The summed E-state index contributed by atoms with van der Waals surface area (Å²) < 4.78 is 5.20. The summed E-state index contributed by atoms with van der Waals surface area (Å²) in [5.74, 6) is -0.0222. The lowest BCUT2D eigenvalue weighted by molar-refractivity contribution is -0.143. The molecule has 0 heterocycles. The Morgan fingerprint density at radius 2 is 1.67 bits per heavy atom. The predicted molar refractivity (Wildman–Crippen MR) is 76.7 cm³/mol. The summed E-state index contributed by atoms with van der Waals surface area (Å²) in [5.41, 5.74) is 0. The smallest absolute Gasteiger partial charge is 0.305 e. The van der Waals surface area contributed by atoms with Crippen molar-refractivity contribution in [3.63, 3.8) is 0 Å². The van der Waals surface area contributed by atoms with Crippen LogP contribution in [0.3, 0.4) is 0 Å². The second-order valence-corrected chi connectivity index (χ2v) is 4.77. The van der Waals surface area contributed by atoms with Gasteiger partial charge in [-0.25, -0.2) is 0 Å². The Kier molecular flexibility index (Phi) is 12.5. The highest BCUT2D eigenvalue weighted by atomic mass is 16.5. The molecule has 0 aromatic carbocycles. The average Bonchev–Trinajstić information content (AvgIpc) is 2.39. The van der Waals surface area contributed by atoms with Crippen molar-refractivity contribution in [2.24, 2.45) is 0 Å². The third kappa shape index (κ3) is 10.6. The molecule has 0 radical (unpaired) electrons. The number of carbonyl (C=O) groups excluding carboxylic acids is 1. The quantitative estimate of drug-likeness (QED) is 0.395. The van der Waals surface area contributed by atoms with Crippen molar-refractivity contribution in [2.45, 2.75) is 65.7 Å². The molecule has 0 aliphatic rings. The molecule has 0 aliphatic heterocycles. The first-order chi connectivity index (χ1) is 8.74. The first kappa shape index (κ1) is 17.4. The molecule has 0 N–H and O–H groups in total. The van der Waals surface area contributed by atoms with Crippen LogP contribution in [-0.4, -0.2) is 37.1 Å². The minimum atomic E-state index is -0.0222. The molecule has 0 amide bonds. The van der Waals surface area contributed by atoms with Crippen molar-refractivity contribution in [3.8, 4) is 0 Å². The molecular formula is C15H31NO2. The van der Waals surface area contributed by atoms with Crippen molar-refractivity contribution in [3.05, 3.63) is 0 Å². The van der Waals surface area contributed by atoms with Gasteiger partial charge in [0, 0.05) is 6.42 Å². The van der Waals surface area contributed by atoms with Crippen LogP contribution in [0.15, 0.2) is 0 Å². The van der Waals surface area contributed by atoms with Crippen molar-refractivity contribution in [1.29, 1.82) is 0 Å². The second kappa shape index (κ2) is 12.9. The maximum absolute atomic E-state index is 11.4. The number of rotatable bonds is 12. The predicted octanol–water partition coefficient (Wildman–Crippen LogP) is 3.62. The van der Waals surface area contributed by atoms with Crippen LogP contribution in [0.1, 0.15) is 65.7 Å². The number of unbranched alkanes of at least 4 members (excludes halogenated alkanes) is 4. The number of carbonyl (C=O) groups is 1. The van der Waals surface area contributed by atoms with Crippen molar-refractivity contribution >= 4 is 5.97 Å². The van der Waals surface area contributed by atoms with Gasteiger partial charge in [-0.1, -0.05) is 40.0 Å². The standard InChI is InChI=1S/C15H31NO2/c1-4-7-8-11-14-18-15(17)12-9-10-13-16(5-2)6-3/h4-14H2,1-3H3. The van der Waals surface area contributed by atoms with Gasteiger partial charge in [0.25, 0.3) is 0 Å². The molecule has 0 aromatic rings. The Morgan fingerprint density at radius 3 is 2.28 bits per heavy atom. The fourth-order valence-electron chi connectivity index (χ4n) is 1.93. The van der Waals surface area contributed by atoms with Gasteiger partial charge in [0.1, 0.15) is 0 Å². The zero-order valence-corrected chi connectivity index (χ0v) is 12.5. The number of ether oxygens (including phenoxy) is 1. The molecule has 0 aromatic heterocycles. The molecule has 0 unspecified atom stereocenters. The lowest BCUT2D eigenvalue weighted by Gasteiger charge is -2.17. The Morgan fingerprint density at radius 1 is 0.944 bits per heavy atom. The molecule has 0 saturated heterocycles. The average molecular weight is 257 g/mol. The number of nitrogens with zero attached hydrogens (tertiary/aromatic N) is 1. The summed E-state index contributed by atoms with van der Waals surface area (Å²) >= 11 is 0. The van der Waals surface area contributed by atoms with Gasteiger partial charge < -0.3 is 9.64 Å². The highest BCUT2D eigenvalue weighted by Gasteiger charge is 2.03. The summed E-state index contributed by atoms with van der Waals surface area (Å²) in [6.45, 7) is 10.4. The van der Waals surface area contributed by atoms with E-state index in [1.165, 1.54) is 19.3 Å². The van der Waals surface area contributed by atoms with E-state index in [1.54, 1.807) is 0 Å². The maximum Gasteiger partial charge on any atom is 0.305 e. The number of hydrogen-bond donors (Lipinski definition) is 0. The van der Waals surface area contributed by atoms with E-state index < -0.39 is 0 Å². The first-order valence-electron chi connectivity index (χ1n) is 7.62. The van der Waals surface area contributed by atoms with Gasteiger partial charge in [-0.2, -0.15) is 0 Å². The normalized spacial score (nSPS) is 10.9. The molecule has 3 nitrogen and oxygen atoms in total. The van der Waals surface area contributed by atoms with Crippen LogP contribution in [-0.2, 0) is 9.53 Å². The minimum Gasteiger partial charge on any atom is -0.466 e. The zero-order valence-electron chi connectivity index (χ0n) is 12.5. The topological polar surface area (TPSA) is 29.5 Å². The van der Waals surface area contributed by atoms with E-state index in [1.807, 2.05) is 0 Å². The fourth-order valence-corrected chi connectivity index (χ4v) is 1.93. The number of hydrogen-bond acceptors (Lipinski definition) is 3. The van der Waals surface area contributed by atoms with Crippen LogP contribution in [0.4, 0.5) is 0 Å². The molecule has 108 valence electrons. The van der Waals surface area contributed by atoms with E-state index in [0.29, 0.717) is 13.0 Å². The van der Waals surface area contributed by atoms with Gasteiger partial charge in [0.05, 0.1) is 6.61 Å². The SMILES string of the molecule is CCCCCCOC(=O)CCCCN(CC)CC. The van der Waals surface area contributed by atoms with Crippen LogP contribution in [0.2, 0.25) is 0 Å². The van der Waals surface area contributed by atoms with E-state index in [9.17, 15) is 4.79 Å². The van der Waals surface area contributed by atoms with Gasteiger partial charge in [-0.05, 0) is 38.9 Å². The Hall–Kier alpha value is -0.570. The summed E-state index contributed by atoms with van der Waals surface area (Å²) in [6.07, 6.45) is 7.26. The van der Waals surface area contributed by atoms with Gasteiger partial charge in [-0.15, -0.1) is 0 Å². The summed E-state index contributed by atoms with van der Waals surface area (Å²) in [4.78, 5) is 13.8. The summed E-state index contributed by atoms with van der Waals surface area (Å²) in [7, 11) is 0. The monoisotopic (exact) mass is 257 g/mol. The molecule has 0 aliphatic carbocycles. The van der Waals surface area contributed by atoms with Crippen molar-refractivity contribution in [1.82, 2.24) is 4.90 Å². The van der Waals surface area contributed by atoms with E-state index in [0.717, 1.165) is 38.9 Å². The molecule has 0 bridgehead atoms. The highest BCUT2D eigenvalue weighted by molar-refractivity contribution is 5.69. The molecule has 0 saturated carbocycles. The molecule has 0 atom stereocenters. The molecule has 3 heteroatoms. The first-order valence-corrected chi connectivity index (χ1v) is 7.62. The molecule has 0 spiro atoms. The van der Waals surface area contributed by atoms with Crippen molar-refractivity contribution < 1.29 is 9.53 Å².